The fourth-order valence-corrected chi connectivity index (χ4v) is 4.22. The van der Waals surface area contributed by atoms with Gasteiger partial charge in [-0.2, -0.15) is 0 Å². The molecule has 0 bridgehead atoms. The summed E-state index contributed by atoms with van der Waals surface area (Å²) < 4.78 is 1.89. The van der Waals surface area contributed by atoms with Gasteiger partial charge in [0.1, 0.15) is 6.54 Å². The Morgan fingerprint density at radius 2 is 1.56 bits per heavy atom. The second-order valence-corrected chi connectivity index (χ2v) is 10.4. The molecule has 0 radical (unpaired) electrons. The molecule has 4 aromatic rings. The van der Waals surface area contributed by atoms with Crippen LogP contribution in [0.15, 0.2) is 85.1 Å². The highest BCUT2D eigenvalue weighted by molar-refractivity contribution is 5.99. The van der Waals surface area contributed by atoms with Crippen LogP contribution in [-0.4, -0.2) is 64.9 Å². The van der Waals surface area contributed by atoms with Crippen molar-refractivity contribution in [1.29, 1.82) is 0 Å². The summed E-state index contributed by atoms with van der Waals surface area (Å²) in [6.45, 7) is 7.28. The van der Waals surface area contributed by atoms with Crippen LogP contribution in [-0.2, 0) is 4.79 Å². The third-order valence-corrected chi connectivity index (χ3v) is 6.60. The molecule has 0 fully saturated rings. The summed E-state index contributed by atoms with van der Waals surface area (Å²) in [6, 6.07) is 25.5. The van der Waals surface area contributed by atoms with Crippen LogP contribution < -0.4 is 5.32 Å². The molecule has 7 heteroatoms. The average molecular weight is 524 g/mol. The number of nitrogens with one attached hydrogen (secondary N) is 1. The van der Waals surface area contributed by atoms with Crippen molar-refractivity contribution in [3.8, 4) is 16.9 Å². The standard InChI is InChI=1S/C32H37N5O2/c1-23(2)25-15-17-28(18-16-25)37-21-29(26-9-7-6-8-10-26)33-32(37)34-30(38)22-36(20-19-35(4)5)31(39)27-13-11-24(3)12-14-27/h6-18,21,23H,19-20,22H2,1-5H3,(H,33,34,38). The van der Waals surface area contributed by atoms with Gasteiger partial charge in [-0.1, -0.05) is 74.0 Å². The minimum absolute atomic E-state index is 0.0830. The number of carbonyl (C=O) groups excluding carboxylic acids is 2. The van der Waals surface area contributed by atoms with E-state index >= 15 is 0 Å². The summed E-state index contributed by atoms with van der Waals surface area (Å²) in [5, 5.41) is 2.98. The number of anilines is 1. The van der Waals surface area contributed by atoms with E-state index in [1.165, 1.54) is 5.56 Å². The number of aryl methyl sites for hydroxylation is 1. The van der Waals surface area contributed by atoms with Crippen LogP contribution in [0, 0.1) is 6.92 Å². The number of nitrogens with zero attached hydrogens (tertiary/aromatic N) is 4. The van der Waals surface area contributed by atoms with Crippen LogP contribution in [0.2, 0.25) is 0 Å². The number of amides is 2. The van der Waals surface area contributed by atoms with Gasteiger partial charge in [-0.25, -0.2) is 4.98 Å². The van der Waals surface area contributed by atoms with E-state index in [1.54, 1.807) is 17.0 Å². The number of hydrogen-bond donors (Lipinski definition) is 1. The predicted octanol–water partition coefficient (Wildman–Crippen LogP) is 5.61. The normalized spacial score (nSPS) is 11.2. The Kier molecular flexibility index (Phi) is 8.94. The lowest BCUT2D eigenvalue weighted by atomic mass is 10.0. The molecule has 0 aliphatic heterocycles. The van der Waals surface area contributed by atoms with Gasteiger partial charge in [0, 0.05) is 36.1 Å². The van der Waals surface area contributed by atoms with Gasteiger partial charge in [0.05, 0.1) is 5.69 Å². The van der Waals surface area contributed by atoms with Gasteiger partial charge < -0.3 is 9.80 Å². The molecule has 0 aliphatic carbocycles. The van der Waals surface area contributed by atoms with E-state index in [2.05, 4.69) is 31.3 Å². The van der Waals surface area contributed by atoms with Gasteiger partial charge in [0.15, 0.2) is 0 Å². The highest BCUT2D eigenvalue weighted by Gasteiger charge is 2.21. The van der Waals surface area contributed by atoms with E-state index in [0.717, 1.165) is 22.5 Å². The molecular weight excluding hydrogens is 486 g/mol. The molecule has 0 spiro atoms. The topological polar surface area (TPSA) is 70.5 Å². The molecule has 39 heavy (non-hydrogen) atoms. The first kappa shape index (κ1) is 27.8. The average Bonchev–Trinajstić information content (AvgIpc) is 3.35. The Labute approximate surface area is 231 Å². The van der Waals surface area contributed by atoms with Crippen LogP contribution in [0.3, 0.4) is 0 Å². The van der Waals surface area contributed by atoms with Crippen LogP contribution in [0.1, 0.15) is 41.3 Å². The molecule has 2 amide bonds. The number of carbonyl (C=O) groups is 2. The van der Waals surface area contributed by atoms with Crippen molar-refractivity contribution in [2.24, 2.45) is 0 Å². The third kappa shape index (κ3) is 7.21. The molecule has 0 aliphatic rings. The molecule has 202 valence electrons. The molecule has 0 unspecified atom stereocenters. The first-order valence-electron chi connectivity index (χ1n) is 13.3. The number of hydrogen-bond acceptors (Lipinski definition) is 4. The maximum absolute atomic E-state index is 13.4. The lowest BCUT2D eigenvalue weighted by Crippen LogP contribution is -2.41. The molecule has 1 N–H and O–H groups in total. The van der Waals surface area contributed by atoms with Gasteiger partial charge in [-0.3, -0.25) is 19.5 Å². The minimum Gasteiger partial charge on any atom is -0.328 e. The number of likely N-dealkylation sites (N-methyl/N-ethyl adjacent to an activating group) is 1. The molecule has 1 aromatic heterocycles. The summed E-state index contributed by atoms with van der Waals surface area (Å²) in [4.78, 5) is 35.0. The van der Waals surface area contributed by atoms with Crippen LogP contribution in [0.4, 0.5) is 5.95 Å². The predicted molar refractivity (Wildman–Crippen MR) is 157 cm³/mol. The van der Waals surface area contributed by atoms with Crippen LogP contribution in [0.25, 0.3) is 16.9 Å². The summed E-state index contributed by atoms with van der Waals surface area (Å²) in [5.41, 5.74) is 5.46. The zero-order chi connectivity index (χ0) is 27.9. The van der Waals surface area contributed by atoms with Crippen molar-refractivity contribution in [2.45, 2.75) is 26.7 Å². The van der Waals surface area contributed by atoms with Gasteiger partial charge in [-0.05, 0) is 56.8 Å². The largest absolute Gasteiger partial charge is 0.328 e. The first-order valence-corrected chi connectivity index (χ1v) is 13.3. The van der Waals surface area contributed by atoms with Crippen molar-refractivity contribution in [3.63, 3.8) is 0 Å². The molecule has 4 rings (SSSR count). The van der Waals surface area contributed by atoms with Crippen molar-refractivity contribution >= 4 is 17.8 Å². The van der Waals surface area contributed by atoms with Crippen LogP contribution >= 0.6 is 0 Å². The fourth-order valence-electron chi connectivity index (χ4n) is 4.22. The SMILES string of the molecule is Cc1ccc(C(=O)N(CCN(C)C)CC(=O)Nc2nc(-c3ccccc3)cn2-c2ccc(C(C)C)cc2)cc1. The number of aromatic nitrogens is 2. The summed E-state index contributed by atoms with van der Waals surface area (Å²) >= 11 is 0. The molecule has 0 saturated carbocycles. The van der Waals surface area contributed by atoms with E-state index in [0.29, 0.717) is 30.5 Å². The molecule has 1 heterocycles. The second kappa shape index (κ2) is 12.5. The molecule has 0 saturated heterocycles. The third-order valence-electron chi connectivity index (χ3n) is 6.60. The highest BCUT2D eigenvalue weighted by Crippen LogP contribution is 2.25. The Morgan fingerprint density at radius 3 is 2.18 bits per heavy atom. The van der Waals surface area contributed by atoms with Gasteiger partial charge in [-0.15, -0.1) is 0 Å². The number of benzene rings is 3. The maximum atomic E-state index is 13.4. The zero-order valence-corrected chi connectivity index (χ0v) is 23.4. The van der Waals surface area contributed by atoms with Crippen molar-refractivity contribution in [2.75, 3.05) is 39.0 Å². The lowest BCUT2D eigenvalue weighted by Gasteiger charge is -2.24. The van der Waals surface area contributed by atoms with Crippen molar-refractivity contribution < 1.29 is 9.59 Å². The number of imidazole rings is 1. The first-order chi connectivity index (χ1) is 18.7. The molecular formula is C32H37N5O2. The maximum Gasteiger partial charge on any atom is 0.254 e. The second-order valence-electron chi connectivity index (χ2n) is 10.4. The Hall–Kier alpha value is -4.23. The molecule has 0 atom stereocenters. The fraction of sp³-hybridized carbons (Fsp3) is 0.281. The quantitative estimate of drug-likeness (QED) is 0.293. The van der Waals surface area contributed by atoms with E-state index in [1.807, 2.05) is 91.3 Å². The smallest absolute Gasteiger partial charge is 0.254 e. The van der Waals surface area contributed by atoms with Crippen molar-refractivity contribution in [3.05, 3.63) is 102 Å². The van der Waals surface area contributed by atoms with E-state index < -0.39 is 0 Å². The van der Waals surface area contributed by atoms with Gasteiger partial charge in [0.25, 0.3) is 5.91 Å². The molecule has 7 nitrogen and oxygen atoms in total. The minimum atomic E-state index is -0.306. The Bertz CT molecular complexity index is 1390. The molecule has 3 aromatic carbocycles. The van der Waals surface area contributed by atoms with Crippen molar-refractivity contribution in [1.82, 2.24) is 19.4 Å². The van der Waals surface area contributed by atoms with Crippen LogP contribution in [0.5, 0.6) is 0 Å². The van der Waals surface area contributed by atoms with Gasteiger partial charge >= 0.3 is 0 Å². The lowest BCUT2D eigenvalue weighted by molar-refractivity contribution is -0.117. The highest BCUT2D eigenvalue weighted by atomic mass is 16.2. The summed E-state index contributed by atoms with van der Waals surface area (Å²) in [6.07, 6.45) is 1.93. The summed E-state index contributed by atoms with van der Waals surface area (Å²) in [5.74, 6) is 0.343. The van der Waals surface area contributed by atoms with E-state index in [9.17, 15) is 9.59 Å². The Morgan fingerprint density at radius 1 is 0.897 bits per heavy atom. The van der Waals surface area contributed by atoms with E-state index in [4.69, 9.17) is 4.98 Å². The van der Waals surface area contributed by atoms with E-state index in [-0.39, 0.29) is 18.4 Å². The van der Waals surface area contributed by atoms with Gasteiger partial charge in [0.2, 0.25) is 11.9 Å². The zero-order valence-electron chi connectivity index (χ0n) is 23.4. The number of rotatable bonds is 10. The monoisotopic (exact) mass is 523 g/mol. The Balaban J connectivity index is 1.61. The summed E-state index contributed by atoms with van der Waals surface area (Å²) in [7, 11) is 3.89.